The van der Waals surface area contributed by atoms with Crippen molar-refractivity contribution in [2.24, 2.45) is 0 Å². The van der Waals surface area contributed by atoms with Gasteiger partial charge in [-0.25, -0.2) is 9.37 Å². The number of aromatic nitrogens is 2. The molecule has 0 saturated heterocycles. The van der Waals surface area contributed by atoms with E-state index in [1.165, 1.54) is 6.07 Å². The van der Waals surface area contributed by atoms with Gasteiger partial charge in [0.25, 0.3) is 5.56 Å². The number of pyridine rings is 2. The number of carbonyl (C=O) groups excluding carboxylic acids is 1. The van der Waals surface area contributed by atoms with E-state index in [0.29, 0.717) is 59.4 Å². The van der Waals surface area contributed by atoms with Crippen LogP contribution >= 0.6 is 0 Å². The smallest absolute Gasteiger partial charge is 0.254 e. The molecule has 0 amide bonds. The molecule has 6 nitrogen and oxygen atoms in total. The Balaban J connectivity index is 1.78. The molecule has 3 heterocycles. The van der Waals surface area contributed by atoms with Crippen LogP contribution in [-0.2, 0) is 29.8 Å². The van der Waals surface area contributed by atoms with Gasteiger partial charge in [-0.05, 0) is 62.3 Å². The topological polar surface area (TPSA) is 92.4 Å². The summed E-state index contributed by atoms with van der Waals surface area (Å²) >= 11 is 0. The highest BCUT2D eigenvalue weighted by atomic mass is 19.1. The molecule has 1 aliphatic heterocycles. The van der Waals surface area contributed by atoms with Crippen molar-refractivity contribution in [1.82, 2.24) is 9.55 Å². The van der Waals surface area contributed by atoms with Crippen molar-refractivity contribution in [3.05, 3.63) is 62.2 Å². The molecular weight excluding hydrogens is 423 g/mol. The summed E-state index contributed by atoms with van der Waals surface area (Å²) in [5.41, 5.74) is 3.11. The van der Waals surface area contributed by atoms with Gasteiger partial charge in [-0.3, -0.25) is 9.59 Å². The fraction of sp³-hybridized carbons (Fsp3) is 0.423. The predicted molar refractivity (Wildman–Crippen MR) is 123 cm³/mol. The number of fused-ring (bicyclic) bond motifs is 5. The Kier molecular flexibility index (Phi) is 5.21. The summed E-state index contributed by atoms with van der Waals surface area (Å²) in [6.45, 7) is 3.90. The van der Waals surface area contributed by atoms with Gasteiger partial charge in [-0.15, -0.1) is 0 Å². The maximum Gasteiger partial charge on any atom is 0.254 e. The summed E-state index contributed by atoms with van der Waals surface area (Å²) in [4.78, 5) is 30.8. The molecule has 1 atom stereocenters. The molecular formula is C26H27FN2O4. The number of rotatable bonds is 5. The van der Waals surface area contributed by atoms with E-state index in [-0.39, 0.29) is 36.6 Å². The molecule has 1 aliphatic carbocycles. The number of halogens is 1. The first-order chi connectivity index (χ1) is 15.8. The van der Waals surface area contributed by atoms with Crippen LogP contribution in [0.15, 0.2) is 23.0 Å². The Bertz CT molecular complexity index is 1380. The number of hydrogen-bond acceptors (Lipinski definition) is 5. The number of aliphatic hydroxyl groups excluding tert-OH is 1. The molecule has 1 aromatic carbocycles. The van der Waals surface area contributed by atoms with Crippen molar-refractivity contribution in [3.63, 3.8) is 0 Å². The quantitative estimate of drug-likeness (QED) is 0.455. The molecule has 5 rings (SSSR count). The average Bonchev–Trinajstić information content (AvgIpc) is 3.16. The van der Waals surface area contributed by atoms with E-state index in [2.05, 4.69) is 0 Å². The van der Waals surface area contributed by atoms with E-state index in [1.807, 2.05) is 0 Å². The second-order valence-electron chi connectivity index (χ2n) is 9.17. The fourth-order valence-corrected chi connectivity index (χ4v) is 5.37. The Morgan fingerprint density at radius 3 is 2.67 bits per heavy atom. The highest BCUT2D eigenvalue weighted by Gasteiger charge is 2.43. The minimum absolute atomic E-state index is 0.0922. The number of hydrogen-bond donors (Lipinski definition) is 2. The summed E-state index contributed by atoms with van der Waals surface area (Å²) < 4.78 is 16.1. The van der Waals surface area contributed by atoms with Crippen molar-refractivity contribution < 1.29 is 19.4 Å². The lowest BCUT2D eigenvalue weighted by atomic mass is 9.77. The van der Waals surface area contributed by atoms with Gasteiger partial charge in [0, 0.05) is 41.2 Å². The minimum Gasteiger partial charge on any atom is -0.396 e. The van der Waals surface area contributed by atoms with E-state index in [9.17, 15) is 24.2 Å². The van der Waals surface area contributed by atoms with E-state index in [1.54, 1.807) is 30.5 Å². The maximum absolute atomic E-state index is 14.4. The van der Waals surface area contributed by atoms with Crippen LogP contribution in [0.5, 0.6) is 0 Å². The molecule has 33 heavy (non-hydrogen) atoms. The molecule has 0 fully saturated rings. The van der Waals surface area contributed by atoms with Crippen molar-refractivity contribution in [2.45, 2.75) is 64.5 Å². The summed E-state index contributed by atoms with van der Waals surface area (Å²) in [6.07, 6.45) is 2.72. The first kappa shape index (κ1) is 21.9. The molecule has 2 N–H and O–H groups in total. The minimum atomic E-state index is -1.67. The molecule has 0 saturated carbocycles. The van der Waals surface area contributed by atoms with E-state index < -0.39 is 5.60 Å². The summed E-state index contributed by atoms with van der Waals surface area (Å²) in [7, 11) is 0. The third kappa shape index (κ3) is 3.17. The molecule has 0 unspecified atom stereocenters. The average molecular weight is 451 g/mol. The van der Waals surface area contributed by atoms with Crippen molar-refractivity contribution in [1.29, 1.82) is 0 Å². The molecule has 172 valence electrons. The maximum atomic E-state index is 14.4. The van der Waals surface area contributed by atoms with Crippen LogP contribution < -0.4 is 5.56 Å². The Morgan fingerprint density at radius 1 is 1.15 bits per heavy atom. The largest absolute Gasteiger partial charge is 0.396 e. The van der Waals surface area contributed by atoms with Gasteiger partial charge in [-0.1, -0.05) is 6.92 Å². The van der Waals surface area contributed by atoms with Crippen molar-refractivity contribution in [2.75, 3.05) is 6.61 Å². The van der Waals surface area contributed by atoms with Gasteiger partial charge in [0.05, 0.1) is 23.4 Å². The summed E-state index contributed by atoms with van der Waals surface area (Å²) in [6, 6.07) is 4.97. The lowest BCUT2D eigenvalue weighted by Crippen LogP contribution is -2.43. The van der Waals surface area contributed by atoms with Gasteiger partial charge in [0.15, 0.2) is 5.78 Å². The van der Waals surface area contributed by atoms with Crippen LogP contribution in [0, 0.1) is 12.7 Å². The van der Waals surface area contributed by atoms with Crippen LogP contribution in [-0.4, -0.2) is 32.2 Å². The number of nitrogens with zero attached hydrogens (tertiary/aromatic N) is 2. The van der Waals surface area contributed by atoms with Crippen LogP contribution in [0.25, 0.3) is 22.3 Å². The summed E-state index contributed by atoms with van der Waals surface area (Å²) in [5, 5.41) is 21.3. The third-order valence-corrected chi connectivity index (χ3v) is 7.30. The number of carbonyl (C=O) groups is 1. The molecule has 2 aliphatic rings. The molecule has 3 aromatic rings. The molecule has 0 bridgehead atoms. The number of unbranched alkanes of at least 4 members (excludes halogenated alkanes) is 1. The third-order valence-electron chi connectivity index (χ3n) is 7.30. The molecule has 2 aromatic heterocycles. The van der Waals surface area contributed by atoms with E-state index in [0.717, 1.165) is 22.9 Å². The molecule has 7 heteroatoms. The van der Waals surface area contributed by atoms with Crippen molar-refractivity contribution in [3.8, 4) is 11.4 Å². The van der Waals surface area contributed by atoms with Crippen LogP contribution in [0.4, 0.5) is 4.39 Å². The SMILES string of the molecule is CC[C@@]1(O)C(=O)CCc2c1cc1n(c2=O)Cc2c-1nc1cc(F)c(C)cc1c2CCCCO. The number of aliphatic hydroxyl groups is 2. The zero-order chi connectivity index (χ0) is 23.5. The number of aryl methyl sites for hydroxylation is 2. The summed E-state index contributed by atoms with van der Waals surface area (Å²) in [5.74, 6) is -0.614. The number of benzene rings is 1. The Hall–Kier alpha value is -2.90. The number of ketones is 1. The normalized spacial score (nSPS) is 19.0. The van der Waals surface area contributed by atoms with Gasteiger partial charge in [0.1, 0.15) is 11.4 Å². The molecule has 0 radical (unpaired) electrons. The van der Waals surface area contributed by atoms with Gasteiger partial charge < -0.3 is 14.8 Å². The predicted octanol–water partition coefficient (Wildman–Crippen LogP) is 3.30. The second-order valence-corrected chi connectivity index (χ2v) is 9.17. The molecule has 0 spiro atoms. The van der Waals surface area contributed by atoms with E-state index in [4.69, 9.17) is 4.98 Å². The van der Waals surface area contributed by atoms with Gasteiger partial charge >= 0.3 is 0 Å². The first-order valence-electron chi connectivity index (χ1n) is 11.6. The van der Waals surface area contributed by atoms with Crippen LogP contribution in [0.1, 0.15) is 60.4 Å². The highest BCUT2D eigenvalue weighted by Crippen LogP contribution is 2.41. The lowest BCUT2D eigenvalue weighted by Gasteiger charge is -2.32. The highest BCUT2D eigenvalue weighted by molar-refractivity contribution is 5.92. The van der Waals surface area contributed by atoms with Crippen LogP contribution in [0.3, 0.4) is 0 Å². The zero-order valence-corrected chi connectivity index (χ0v) is 18.9. The van der Waals surface area contributed by atoms with Gasteiger partial charge in [0.2, 0.25) is 0 Å². The number of Topliss-reactive ketones (excluding diaryl/α,β-unsaturated/α-hetero) is 1. The van der Waals surface area contributed by atoms with Crippen LogP contribution in [0.2, 0.25) is 0 Å². The monoisotopic (exact) mass is 450 g/mol. The Labute approximate surface area is 190 Å². The standard InChI is InChI=1S/C26H27FN2O4/c1-3-26(33)19-11-22-24-18(13-29(22)25(32)16(19)7-8-23(26)31)15(6-4-5-9-30)17-10-14(2)20(27)12-21(17)28-24/h10-12,30,33H,3-9,13H2,1-2H3/t26-/m0/s1. The first-order valence-corrected chi connectivity index (χ1v) is 11.6. The van der Waals surface area contributed by atoms with E-state index >= 15 is 0 Å². The second kappa shape index (κ2) is 7.85. The fourth-order valence-electron chi connectivity index (χ4n) is 5.37. The zero-order valence-electron chi connectivity index (χ0n) is 18.9. The Morgan fingerprint density at radius 2 is 1.94 bits per heavy atom. The lowest BCUT2D eigenvalue weighted by molar-refractivity contribution is -0.140. The van der Waals surface area contributed by atoms with Gasteiger partial charge in [-0.2, -0.15) is 0 Å². The van der Waals surface area contributed by atoms with Crippen molar-refractivity contribution >= 4 is 16.7 Å².